The van der Waals surface area contributed by atoms with E-state index in [2.05, 4.69) is 0 Å². The summed E-state index contributed by atoms with van der Waals surface area (Å²) in [5.41, 5.74) is 1.29. The molecule has 144 valence electrons. The largest absolute Gasteiger partial charge is 0.482 e. The van der Waals surface area contributed by atoms with Gasteiger partial charge in [-0.25, -0.2) is 4.79 Å². The molecule has 1 heterocycles. The molecule has 3 rings (SSSR count). The fourth-order valence-corrected chi connectivity index (χ4v) is 2.82. The van der Waals surface area contributed by atoms with E-state index in [-0.39, 0.29) is 25.5 Å². The number of ether oxygens (including phenoxy) is 2. The Morgan fingerprint density at radius 3 is 2.11 bits per heavy atom. The number of hydrogen-bond acceptors (Lipinski definition) is 6. The molecule has 7 heteroatoms. The number of rotatable bonds is 8. The summed E-state index contributed by atoms with van der Waals surface area (Å²) in [6, 6.07) is 13.0. The zero-order valence-corrected chi connectivity index (χ0v) is 15.3. The molecule has 7 nitrogen and oxygen atoms in total. The lowest BCUT2D eigenvalue weighted by Crippen LogP contribution is -2.33. The number of nitrogens with zero attached hydrogens (tertiary/aromatic N) is 1. The van der Waals surface area contributed by atoms with E-state index in [1.165, 1.54) is 0 Å². The first-order chi connectivity index (χ1) is 13.5. The highest BCUT2D eigenvalue weighted by atomic mass is 16.6. The van der Waals surface area contributed by atoms with Gasteiger partial charge in [0, 0.05) is 12.0 Å². The third-order valence-corrected chi connectivity index (χ3v) is 4.31. The Balaban J connectivity index is 1.44. The van der Waals surface area contributed by atoms with E-state index < -0.39 is 17.8 Å². The molecule has 0 saturated heterocycles. The Kier molecular flexibility index (Phi) is 5.84. The molecule has 0 spiro atoms. The summed E-state index contributed by atoms with van der Waals surface area (Å²) in [7, 11) is 0. The number of carbonyl (C=O) groups is 4. The van der Waals surface area contributed by atoms with Crippen LogP contribution in [0.25, 0.3) is 0 Å². The van der Waals surface area contributed by atoms with Crippen LogP contribution in [0, 0.1) is 0 Å². The summed E-state index contributed by atoms with van der Waals surface area (Å²) in [5.74, 6) is -0.946. The molecule has 0 radical (unpaired) electrons. The molecule has 1 aliphatic heterocycles. The number of hydrogen-bond donors (Lipinski definition) is 0. The molecule has 0 aromatic heterocycles. The van der Waals surface area contributed by atoms with Crippen LogP contribution in [0.1, 0.15) is 44.4 Å². The molecule has 2 aromatic carbocycles. The van der Waals surface area contributed by atoms with Crippen molar-refractivity contribution in [3.05, 3.63) is 65.2 Å². The first-order valence-corrected chi connectivity index (χ1v) is 8.88. The quantitative estimate of drug-likeness (QED) is 0.396. The van der Waals surface area contributed by atoms with Crippen LogP contribution in [0.15, 0.2) is 48.5 Å². The Morgan fingerprint density at radius 2 is 1.54 bits per heavy atom. The topological polar surface area (TPSA) is 90.0 Å². The van der Waals surface area contributed by atoms with Crippen molar-refractivity contribution in [2.24, 2.45) is 0 Å². The smallest absolute Gasteiger partial charge is 0.344 e. The predicted molar refractivity (Wildman–Crippen MR) is 99.3 cm³/mol. The highest BCUT2D eigenvalue weighted by Crippen LogP contribution is 2.21. The molecule has 28 heavy (non-hydrogen) atoms. The average Bonchev–Trinajstić information content (AvgIpc) is 2.97. The van der Waals surface area contributed by atoms with Crippen molar-refractivity contribution in [3.63, 3.8) is 0 Å². The van der Waals surface area contributed by atoms with Crippen LogP contribution in [-0.2, 0) is 9.53 Å². The standard InChI is InChI=1S/C21H19NO6/c1-2-18(23)14-7-9-15(10-8-14)28-13-19(24)27-12-11-22-20(25)16-5-3-4-6-17(16)21(22)26/h3-10H,2,11-13H2,1H3. The van der Waals surface area contributed by atoms with E-state index in [1.807, 2.05) is 0 Å². The fraction of sp³-hybridized carbons (Fsp3) is 0.238. The molecular weight excluding hydrogens is 362 g/mol. The summed E-state index contributed by atoms with van der Waals surface area (Å²) in [6.45, 7) is 1.33. The number of benzene rings is 2. The first-order valence-electron chi connectivity index (χ1n) is 8.88. The van der Waals surface area contributed by atoms with Gasteiger partial charge in [0.15, 0.2) is 12.4 Å². The lowest BCUT2D eigenvalue weighted by molar-refractivity contribution is -0.146. The summed E-state index contributed by atoms with van der Waals surface area (Å²) < 4.78 is 10.4. The lowest BCUT2D eigenvalue weighted by Gasteiger charge is -2.14. The zero-order valence-electron chi connectivity index (χ0n) is 15.3. The van der Waals surface area contributed by atoms with Gasteiger partial charge in [-0.15, -0.1) is 0 Å². The van der Waals surface area contributed by atoms with Gasteiger partial charge in [-0.2, -0.15) is 0 Å². The molecule has 0 aliphatic carbocycles. The van der Waals surface area contributed by atoms with Gasteiger partial charge in [0.25, 0.3) is 11.8 Å². The Hall–Kier alpha value is -3.48. The molecule has 0 unspecified atom stereocenters. The maximum atomic E-state index is 12.2. The van der Waals surface area contributed by atoms with Gasteiger partial charge < -0.3 is 9.47 Å². The Bertz CT molecular complexity index is 884. The van der Waals surface area contributed by atoms with Crippen molar-refractivity contribution in [2.75, 3.05) is 19.8 Å². The molecular formula is C21H19NO6. The normalized spacial score (nSPS) is 12.7. The highest BCUT2D eigenvalue weighted by Gasteiger charge is 2.34. The van der Waals surface area contributed by atoms with Gasteiger partial charge >= 0.3 is 5.97 Å². The van der Waals surface area contributed by atoms with E-state index in [1.54, 1.807) is 55.5 Å². The van der Waals surface area contributed by atoms with E-state index in [0.29, 0.717) is 28.9 Å². The average molecular weight is 381 g/mol. The van der Waals surface area contributed by atoms with Crippen LogP contribution in [0.4, 0.5) is 0 Å². The summed E-state index contributed by atoms with van der Waals surface area (Å²) in [4.78, 5) is 48.8. The highest BCUT2D eigenvalue weighted by molar-refractivity contribution is 6.21. The molecule has 0 fully saturated rings. The van der Waals surface area contributed by atoms with Gasteiger partial charge in [0.2, 0.25) is 0 Å². The third-order valence-electron chi connectivity index (χ3n) is 4.31. The fourth-order valence-electron chi connectivity index (χ4n) is 2.82. The maximum absolute atomic E-state index is 12.2. The number of fused-ring (bicyclic) bond motifs is 1. The lowest BCUT2D eigenvalue weighted by atomic mass is 10.1. The van der Waals surface area contributed by atoms with Crippen molar-refractivity contribution >= 4 is 23.6 Å². The SMILES string of the molecule is CCC(=O)c1ccc(OCC(=O)OCCN2C(=O)c3ccccc3C2=O)cc1. The van der Waals surface area contributed by atoms with E-state index in [4.69, 9.17) is 9.47 Å². The van der Waals surface area contributed by atoms with Crippen LogP contribution in [0.3, 0.4) is 0 Å². The van der Waals surface area contributed by atoms with Crippen LogP contribution in [-0.4, -0.2) is 48.2 Å². The summed E-state index contributed by atoms with van der Waals surface area (Å²) in [5, 5.41) is 0. The Morgan fingerprint density at radius 1 is 0.929 bits per heavy atom. The predicted octanol–water partition coefficient (Wildman–Crippen LogP) is 2.50. The van der Waals surface area contributed by atoms with Crippen LogP contribution in [0.5, 0.6) is 5.75 Å². The molecule has 0 bridgehead atoms. The second-order valence-electron chi connectivity index (χ2n) is 6.12. The number of imide groups is 1. The molecule has 1 aliphatic rings. The molecule has 0 N–H and O–H groups in total. The second-order valence-corrected chi connectivity index (χ2v) is 6.12. The van der Waals surface area contributed by atoms with Crippen LogP contribution in [0.2, 0.25) is 0 Å². The number of amides is 2. The monoisotopic (exact) mass is 381 g/mol. The molecule has 0 saturated carbocycles. The van der Waals surface area contributed by atoms with Crippen LogP contribution < -0.4 is 4.74 Å². The van der Waals surface area contributed by atoms with Crippen molar-refractivity contribution in [3.8, 4) is 5.75 Å². The summed E-state index contributed by atoms with van der Waals surface area (Å²) in [6.07, 6.45) is 0.416. The number of esters is 1. The number of carbonyl (C=O) groups excluding carboxylic acids is 4. The number of ketones is 1. The second kappa shape index (κ2) is 8.47. The minimum atomic E-state index is -0.620. The van der Waals surface area contributed by atoms with E-state index in [0.717, 1.165) is 4.90 Å². The van der Waals surface area contributed by atoms with Crippen molar-refractivity contribution in [1.82, 2.24) is 4.90 Å². The van der Waals surface area contributed by atoms with Crippen molar-refractivity contribution in [1.29, 1.82) is 0 Å². The van der Waals surface area contributed by atoms with Crippen molar-refractivity contribution < 1.29 is 28.7 Å². The number of Topliss-reactive ketones (excluding diaryl/α,β-unsaturated/α-hetero) is 1. The maximum Gasteiger partial charge on any atom is 0.344 e. The Labute approximate surface area is 161 Å². The first kappa shape index (κ1) is 19.3. The minimum absolute atomic E-state index is 0.0219. The van der Waals surface area contributed by atoms with Gasteiger partial charge in [-0.1, -0.05) is 19.1 Å². The zero-order chi connectivity index (χ0) is 20.1. The third kappa shape index (κ3) is 4.09. The van der Waals surface area contributed by atoms with Gasteiger partial charge in [0.05, 0.1) is 17.7 Å². The van der Waals surface area contributed by atoms with Gasteiger partial charge in [-0.05, 0) is 36.4 Å². The van der Waals surface area contributed by atoms with Crippen LogP contribution >= 0.6 is 0 Å². The van der Waals surface area contributed by atoms with E-state index in [9.17, 15) is 19.2 Å². The van der Waals surface area contributed by atoms with Gasteiger partial charge in [-0.3, -0.25) is 19.3 Å². The van der Waals surface area contributed by atoms with E-state index >= 15 is 0 Å². The molecule has 0 atom stereocenters. The summed E-state index contributed by atoms with van der Waals surface area (Å²) >= 11 is 0. The van der Waals surface area contributed by atoms with Gasteiger partial charge in [0.1, 0.15) is 12.4 Å². The molecule has 2 amide bonds. The van der Waals surface area contributed by atoms with Crippen molar-refractivity contribution in [2.45, 2.75) is 13.3 Å². The molecule has 2 aromatic rings. The minimum Gasteiger partial charge on any atom is -0.482 e.